The van der Waals surface area contributed by atoms with Gasteiger partial charge in [0.25, 0.3) is 0 Å². The Bertz CT molecular complexity index is 516. The third-order valence-electron chi connectivity index (χ3n) is 3.58. The molecule has 0 saturated carbocycles. The first-order valence-electron chi connectivity index (χ1n) is 6.41. The summed E-state index contributed by atoms with van der Waals surface area (Å²) < 4.78 is 39.1. The number of halogens is 4. The molecule has 1 unspecified atom stereocenters. The van der Waals surface area contributed by atoms with E-state index in [0.717, 1.165) is 0 Å². The van der Waals surface area contributed by atoms with Crippen molar-refractivity contribution in [2.45, 2.75) is 25.9 Å². The summed E-state index contributed by atoms with van der Waals surface area (Å²) in [5, 5.41) is 0. The van der Waals surface area contributed by atoms with Crippen molar-refractivity contribution < 1.29 is 18.0 Å². The Morgan fingerprint density at radius 2 is 2.10 bits per heavy atom. The van der Waals surface area contributed by atoms with Crippen LogP contribution in [0.5, 0.6) is 0 Å². The number of hydrogen-bond donors (Lipinski definition) is 0. The first-order valence-corrected chi connectivity index (χ1v) is 7.20. The molecule has 2 rings (SSSR count). The van der Waals surface area contributed by atoms with Gasteiger partial charge in [0.05, 0.1) is 11.6 Å². The molecule has 1 aromatic rings. The molecule has 1 aromatic carbocycles. The second-order valence-electron chi connectivity index (χ2n) is 5.05. The lowest BCUT2D eigenvalue weighted by Gasteiger charge is -2.35. The zero-order valence-corrected chi connectivity index (χ0v) is 12.6. The highest BCUT2D eigenvalue weighted by Gasteiger charge is 2.42. The van der Waals surface area contributed by atoms with Gasteiger partial charge in [-0.15, -0.1) is 0 Å². The Labute approximate surface area is 124 Å². The maximum absolute atomic E-state index is 12.8. The van der Waals surface area contributed by atoms with Gasteiger partial charge in [0, 0.05) is 23.1 Å². The molecule has 1 atom stereocenters. The average Bonchev–Trinajstić information content (AvgIpc) is 2.37. The van der Waals surface area contributed by atoms with Crippen LogP contribution in [0, 0.1) is 5.92 Å². The second-order valence-corrected chi connectivity index (χ2v) is 5.90. The van der Waals surface area contributed by atoms with Crippen LogP contribution in [0.3, 0.4) is 0 Å². The van der Waals surface area contributed by atoms with E-state index in [-0.39, 0.29) is 18.7 Å². The van der Waals surface area contributed by atoms with Gasteiger partial charge >= 0.3 is 6.18 Å². The van der Waals surface area contributed by atoms with Gasteiger partial charge in [-0.2, -0.15) is 13.2 Å². The third-order valence-corrected chi connectivity index (χ3v) is 4.21. The summed E-state index contributed by atoms with van der Waals surface area (Å²) in [4.78, 5) is 13.0. The number of nitrogens with zero attached hydrogens (tertiary/aromatic N) is 1. The van der Waals surface area contributed by atoms with E-state index in [9.17, 15) is 18.0 Å². The highest BCUT2D eigenvalue weighted by atomic mass is 79.9. The summed E-state index contributed by atoms with van der Waals surface area (Å²) in [6, 6.07) is 5.02. The molecule has 0 spiro atoms. The highest BCUT2D eigenvalue weighted by molar-refractivity contribution is 9.10. The van der Waals surface area contributed by atoms with Crippen molar-refractivity contribution in [3.8, 4) is 0 Å². The standard InChI is InChI=1S/C14H15BrF3NO/c1-9(20)10-4-5-13(12(15)7-10)19-6-2-3-11(8-19)14(16,17)18/h4-5,7,11H,2-3,6,8H2,1H3. The Hall–Kier alpha value is -1.04. The van der Waals surface area contributed by atoms with E-state index in [4.69, 9.17) is 0 Å². The molecule has 0 bridgehead atoms. The van der Waals surface area contributed by atoms with Gasteiger partial charge in [-0.3, -0.25) is 4.79 Å². The van der Waals surface area contributed by atoms with Crippen LogP contribution in [-0.2, 0) is 0 Å². The maximum Gasteiger partial charge on any atom is 0.393 e. The number of carbonyl (C=O) groups is 1. The monoisotopic (exact) mass is 349 g/mol. The summed E-state index contributed by atoms with van der Waals surface area (Å²) in [6.07, 6.45) is -3.45. The second kappa shape index (κ2) is 5.76. The van der Waals surface area contributed by atoms with Crippen molar-refractivity contribution >= 4 is 27.4 Å². The number of Topliss-reactive ketones (excluding diaryl/α,β-unsaturated/α-hetero) is 1. The first kappa shape index (κ1) is 15.4. The minimum absolute atomic E-state index is 0.0263. The van der Waals surface area contributed by atoms with Crippen molar-refractivity contribution in [2.24, 2.45) is 5.92 Å². The number of benzene rings is 1. The van der Waals surface area contributed by atoms with Crippen LogP contribution in [0.4, 0.5) is 18.9 Å². The van der Waals surface area contributed by atoms with E-state index in [1.54, 1.807) is 23.1 Å². The van der Waals surface area contributed by atoms with Gasteiger partial charge in [0.15, 0.2) is 5.78 Å². The molecule has 1 saturated heterocycles. The molecule has 0 N–H and O–H groups in total. The molecule has 0 aromatic heterocycles. The predicted molar refractivity (Wildman–Crippen MR) is 75.1 cm³/mol. The van der Waals surface area contributed by atoms with Gasteiger partial charge in [-0.05, 0) is 53.9 Å². The van der Waals surface area contributed by atoms with Crippen molar-refractivity contribution in [1.29, 1.82) is 0 Å². The van der Waals surface area contributed by atoms with Crippen LogP contribution in [0.1, 0.15) is 30.1 Å². The molecule has 0 aliphatic carbocycles. The zero-order chi connectivity index (χ0) is 14.9. The number of piperidine rings is 1. The van der Waals surface area contributed by atoms with Crippen LogP contribution in [0.25, 0.3) is 0 Å². The molecule has 1 fully saturated rings. The van der Waals surface area contributed by atoms with Crippen molar-refractivity contribution in [3.05, 3.63) is 28.2 Å². The highest BCUT2D eigenvalue weighted by Crippen LogP contribution is 2.37. The molecule has 0 amide bonds. The lowest BCUT2D eigenvalue weighted by atomic mass is 9.97. The summed E-state index contributed by atoms with van der Waals surface area (Å²) in [5.41, 5.74) is 1.26. The van der Waals surface area contributed by atoms with Crippen LogP contribution >= 0.6 is 15.9 Å². The number of alkyl halides is 3. The smallest absolute Gasteiger partial charge is 0.370 e. The van der Waals surface area contributed by atoms with Crippen LogP contribution in [-0.4, -0.2) is 25.0 Å². The normalized spacial score (nSPS) is 20.1. The van der Waals surface area contributed by atoms with Crippen LogP contribution in [0.15, 0.2) is 22.7 Å². The minimum atomic E-state index is -4.15. The van der Waals surface area contributed by atoms with Gasteiger partial charge < -0.3 is 4.90 Å². The van der Waals surface area contributed by atoms with Crippen LogP contribution < -0.4 is 4.90 Å². The van der Waals surface area contributed by atoms with Gasteiger partial charge in [0.1, 0.15) is 0 Å². The van der Waals surface area contributed by atoms with E-state index in [1.165, 1.54) is 6.92 Å². The first-order chi connectivity index (χ1) is 9.29. The van der Waals surface area contributed by atoms with E-state index in [1.807, 2.05) is 0 Å². The molecule has 1 aliphatic heterocycles. The molecule has 1 heterocycles. The maximum atomic E-state index is 12.8. The van der Waals surface area contributed by atoms with Crippen molar-refractivity contribution in [2.75, 3.05) is 18.0 Å². The molecule has 1 aliphatic rings. The molecular weight excluding hydrogens is 335 g/mol. The largest absolute Gasteiger partial charge is 0.393 e. The fourth-order valence-corrected chi connectivity index (χ4v) is 3.08. The lowest BCUT2D eigenvalue weighted by molar-refractivity contribution is -0.176. The summed E-state index contributed by atoms with van der Waals surface area (Å²) in [7, 11) is 0. The van der Waals surface area contributed by atoms with E-state index < -0.39 is 12.1 Å². The minimum Gasteiger partial charge on any atom is -0.370 e. The number of rotatable bonds is 2. The number of hydrogen-bond acceptors (Lipinski definition) is 2. The molecule has 20 heavy (non-hydrogen) atoms. The van der Waals surface area contributed by atoms with Crippen molar-refractivity contribution in [3.63, 3.8) is 0 Å². The van der Waals surface area contributed by atoms with Gasteiger partial charge in [-0.1, -0.05) is 0 Å². The number of anilines is 1. The van der Waals surface area contributed by atoms with Crippen molar-refractivity contribution in [1.82, 2.24) is 0 Å². The fraction of sp³-hybridized carbons (Fsp3) is 0.500. The van der Waals surface area contributed by atoms with E-state index >= 15 is 0 Å². The molecule has 2 nitrogen and oxygen atoms in total. The van der Waals surface area contributed by atoms with E-state index in [0.29, 0.717) is 28.7 Å². The van der Waals surface area contributed by atoms with E-state index in [2.05, 4.69) is 15.9 Å². The number of carbonyl (C=O) groups excluding carboxylic acids is 1. The average molecular weight is 350 g/mol. The molecule has 6 heteroatoms. The molecule has 0 radical (unpaired) electrons. The quantitative estimate of drug-likeness (QED) is 0.736. The summed E-state index contributed by atoms with van der Waals surface area (Å²) >= 11 is 3.35. The topological polar surface area (TPSA) is 20.3 Å². The van der Waals surface area contributed by atoms with Gasteiger partial charge in [0.2, 0.25) is 0 Å². The SMILES string of the molecule is CC(=O)c1ccc(N2CCCC(C(F)(F)F)C2)c(Br)c1. The fourth-order valence-electron chi connectivity index (χ4n) is 2.45. The Morgan fingerprint density at radius 1 is 1.40 bits per heavy atom. The summed E-state index contributed by atoms with van der Waals surface area (Å²) in [5.74, 6) is -1.35. The van der Waals surface area contributed by atoms with Crippen LogP contribution in [0.2, 0.25) is 0 Å². The zero-order valence-electron chi connectivity index (χ0n) is 11.0. The van der Waals surface area contributed by atoms with Gasteiger partial charge in [-0.25, -0.2) is 0 Å². The Kier molecular flexibility index (Phi) is 4.42. The molecule has 110 valence electrons. The molecular formula is C14H15BrF3NO. The summed E-state index contributed by atoms with van der Waals surface area (Å²) in [6.45, 7) is 2.04. The lowest BCUT2D eigenvalue weighted by Crippen LogP contribution is -2.41. The number of ketones is 1. The predicted octanol–water partition coefficient (Wildman–Crippen LogP) is 4.43. The Balaban J connectivity index is 2.21. The third kappa shape index (κ3) is 3.34. The Morgan fingerprint density at radius 3 is 2.65 bits per heavy atom.